The highest BCUT2D eigenvalue weighted by Crippen LogP contribution is 2.35. The molecule has 0 bridgehead atoms. The van der Waals surface area contributed by atoms with Gasteiger partial charge >= 0.3 is 0 Å². The summed E-state index contributed by atoms with van der Waals surface area (Å²) in [6.07, 6.45) is 8.35. The minimum Gasteiger partial charge on any atom is -0.376 e. The first-order valence-electron chi connectivity index (χ1n) is 7.77. The monoisotopic (exact) mass is 343 g/mol. The SMILES string of the molecule is CCOC(C1CCCCC1)C(N)c1c(Br)cnn1CC. The molecule has 0 amide bonds. The van der Waals surface area contributed by atoms with Crippen molar-refractivity contribution < 1.29 is 4.74 Å². The van der Waals surface area contributed by atoms with Crippen molar-refractivity contribution in [1.82, 2.24) is 9.78 Å². The molecule has 114 valence electrons. The molecule has 1 aromatic rings. The normalized spacial score (nSPS) is 20.0. The maximum atomic E-state index is 6.56. The molecule has 0 radical (unpaired) electrons. The van der Waals surface area contributed by atoms with Gasteiger partial charge in [0, 0.05) is 13.2 Å². The Bertz CT molecular complexity index is 415. The van der Waals surface area contributed by atoms with E-state index in [1.807, 2.05) is 10.9 Å². The Kier molecular flexibility index (Phi) is 6.05. The molecule has 1 aliphatic carbocycles. The third-order valence-corrected chi connectivity index (χ3v) is 4.89. The van der Waals surface area contributed by atoms with Crippen molar-refractivity contribution in [3.63, 3.8) is 0 Å². The zero-order chi connectivity index (χ0) is 14.5. The number of hydrogen-bond acceptors (Lipinski definition) is 3. The van der Waals surface area contributed by atoms with E-state index in [0.29, 0.717) is 12.5 Å². The second-order valence-corrected chi connectivity index (χ2v) is 6.39. The van der Waals surface area contributed by atoms with Crippen LogP contribution < -0.4 is 5.73 Å². The Labute approximate surface area is 130 Å². The van der Waals surface area contributed by atoms with Gasteiger partial charge in [-0.3, -0.25) is 4.68 Å². The van der Waals surface area contributed by atoms with Crippen LogP contribution in [0, 0.1) is 5.92 Å². The number of nitrogens with two attached hydrogens (primary N) is 1. The molecule has 0 spiro atoms. The number of ether oxygens (including phenoxy) is 1. The number of hydrogen-bond donors (Lipinski definition) is 1. The predicted molar refractivity (Wildman–Crippen MR) is 84.5 cm³/mol. The van der Waals surface area contributed by atoms with Gasteiger partial charge in [0.05, 0.1) is 28.5 Å². The van der Waals surface area contributed by atoms with E-state index in [0.717, 1.165) is 16.7 Å². The van der Waals surface area contributed by atoms with Gasteiger partial charge in [-0.05, 0) is 48.5 Å². The maximum Gasteiger partial charge on any atom is 0.0811 e. The van der Waals surface area contributed by atoms with Crippen molar-refractivity contribution in [2.75, 3.05) is 6.61 Å². The predicted octanol–water partition coefficient (Wildman–Crippen LogP) is 3.65. The van der Waals surface area contributed by atoms with Crippen LogP contribution in [0.3, 0.4) is 0 Å². The van der Waals surface area contributed by atoms with Crippen LogP contribution in [-0.2, 0) is 11.3 Å². The summed E-state index contributed by atoms with van der Waals surface area (Å²) in [4.78, 5) is 0. The molecule has 1 aliphatic rings. The molecule has 0 saturated heterocycles. The highest BCUT2D eigenvalue weighted by Gasteiger charge is 2.32. The molecule has 4 nitrogen and oxygen atoms in total. The van der Waals surface area contributed by atoms with Gasteiger partial charge in [0.1, 0.15) is 0 Å². The molecule has 5 heteroatoms. The standard InChI is InChI=1S/C15H26BrN3O/c1-3-19-14(12(16)10-18-19)13(17)15(20-4-2)11-8-6-5-7-9-11/h10-11,13,15H,3-9,17H2,1-2H3. The summed E-state index contributed by atoms with van der Waals surface area (Å²) in [6.45, 7) is 5.69. The van der Waals surface area contributed by atoms with Crippen LogP contribution in [0.15, 0.2) is 10.7 Å². The zero-order valence-electron chi connectivity index (χ0n) is 12.5. The highest BCUT2D eigenvalue weighted by molar-refractivity contribution is 9.10. The van der Waals surface area contributed by atoms with Gasteiger partial charge in [-0.1, -0.05) is 19.3 Å². The van der Waals surface area contributed by atoms with E-state index in [2.05, 4.69) is 34.9 Å². The van der Waals surface area contributed by atoms with Crippen molar-refractivity contribution in [2.24, 2.45) is 11.7 Å². The van der Waals surface area contributed by atoms with Gasteiger partial charge < -0.3 is 10.5 Å². The van der Waals surface area contributed by atoms with Gasteiger partial charge in [0.25, 0.3) is 0 Å². The summed E-state index contributed by atoms with van der Waals surface area (Å²) < 4.78 is 9.00. The molecule has 2 unspecified atom stereocenters. The van der Waals surface area contributed by atoms with E-state index in [-0.39, 0.29) is 12.1 Å². The minimum atomic E-state index is -0.116. The fourth-order valence-electron chi connectivity index (χ4n) is 3.30. The Morgan fingerprint density at radius 3 is 2.70 bits per heavy atom. The largest absolute Gasteiger partial charge is 0.376 e. The molecule has 0 aliphatic heterocycles. The molecule has 1 heterocycles. The molecule has 1 aromatic heterocycles. The van der Waals surface area contributed by atoms with E-state index in [1.165, 1.54) is 32.1 Å². The van der Waals surface area contributed by atoms with E-state index >= 15 is 0 Å². The summed E-state index contributed by atoms with van der Waals surface area (Å²) >= 11 is 3.58. The van der Waals surface area contributed by atoms with Crippen LogP contribution in [0.1, 0.15) is 57.7 Å². The van der Waals surface area contributed by atoms with Gasteiger partial charge in [-0.15, -0.1) is 0 Å². The number of rotatable bonds is 6. The Hall–Kier alpha value is -0.390. The fourth-order valence-corrected chi connectivity index (χ4v) is 3.86. The van der Waals surface area contributed by atoms with Crippen LogP contribution >= 0.6 is 15.9 Å². The molecular weight excluding hydrogens is 318 g/mol. The summed E-state index contributed by atoms with van der Waals surface area (Å²) in [5.74, 6) is 0.575. The number of halogens is 1. The summed E-state index contributed by atoms with van der Waals surface area (Å²) in [7, 11) is 0. The smallest absolute Gasteiger partial charge is 0.0811 e. The summed E-state index contributed by atoms with van der Waals surface area (Å²) in [6, 6.07) is -0.116. The maximum absolute atomic E-state index is 6.56. The van der Waals surface area contributed by atoms with Gasteiger partial charge in [0.2, 0.25) is 0 Å². The Morgan fingerprint density at radius 2 is 2.10 bits per heavy atom. The van der Waals surface area contributed by atoms with E-state index in [4.69, 9.17) is 10.5 Å². The average Bonchev–Trinajstić information content (AvgIpc) is 2.86. The Morgan fingerprint density at radius 1 is 1.40 bits per heavy atom. The van der Waals surface area contributed by atoms with E-state index in [9.17, 15) is 0 Å². The van der Waals surface area contributed by atoms with Crippen LogP contribution in [0.2, 0.25) is 0 Å². The first kappa shape index (κ1) is 16.0. The Balaban J connectivity index is 2.20. The molecule has 1 fully saturated rings. The lowest BCUT2D eigenvalue weighted by molar-refractivity contribution is -0.0116. The van der Waals surface area contributed by atoms with Crippen LogP contribution in [0.25, 0.3) is 0 Å². The second kappa shape index (κ2) is 7.57. The molecule has 2 atom stereocenters. The zero-order valence-corrected chi connectivity index (χ0v) is 14.1. The van der Waals surface area contributed by atoms with Gasteiger partial charge in [0.15, 0.2) is 0 Å². The van der Waals surface area contributed by atoms with E-state index in [1.54, 1.807) is 0 Å². The lowest BCUT2D eigenvalue weighted by Crippen LogP contribution is -2.38. The molecule has 2 rings (SSSR count). The lowest BCUT2D eigenvalue weighted by Gasteiger charge is -2.34. The topological polar surface area (TPSA) is 53.1 Å². The third kappa shape index (κ3) is 3.43. The molecule has 2 N–H and O–H groups in total. The van der Waals surface area contributed by atoms with Crippen LogP contribution in [0.5, 0.6) is 0 Å². The van der Waals surface area contributed by atoms with Crippen LogP contribution in [-0.4, -0.2) is 22.5 Å². The van der Waals surface area contributed by atoms with Crippen molar-refractivity contribution in [1.29, 1.82) is 0 Å². The van der Waals surface area contributed by atoms with E-state index < -0.39 is 0 Å². The third-order valence-electron chi connectivity index (χ3n) is 4.28. The number of aryl methyl sites for hydroxylation is 1. The van der Waals surface area contributed by atoms with Crippen molar-refractivity contribution in [2.45, 2.75) is 64.6 Å². The van der Waals surface area contributed by atoms with Gasteiger partial charge in [-0.2, -0.15) is 5.10 Å². The van der Waals surface area contributed by atoms with Crippen molar-refractivity contribution >= 4 is 15.9 Å². The molecule has 1 saturated carbocycles. The second-order valence-electron chi connectivity index (χ2n) is 5.54. The van der Waals surface area contributed by atoms with Crippen molar-refractivity contribution in [3.05, 3.63) is 16.4 Å². The molecular formula is C15H26BrN3O. The first-order valence-corrected chi connectivity index (χ1v) is 8.56. The van der Waals surface area contributed by atoms with Gasteiger partial charge in [-0.25, -0.2) is 0 Å². The first-order chi connectivity index (χ1) is 9.69. The quantitative estimate of drug-likeness (QED) is 0.857. The average molecular weight is 344 g/mol. The molecule has 20 heavy (non-hydrogen) atoms. The molecule has 0 aromatic carbocycles. The lowest BCUT2D eigenvalue weighted by atomic mass is 9.82. The number of aromatic nitrogens is 2. The summed E-state index contributed by atoms with van der Waals surface area (Å²) in [5.41, 5.74) is 7.63. The summed E-state index contributed by atoms with van der Waals surface area (Å²) in [5, 5.41) is 4.38. The highest BCUT2D eigenvalue weighted by atomic mass is 79.9. The fraction of sp³-hybridized carbons (Fsp3) is 0.800. The van der Waals surface area contributed by atoms with Crippen LogP contribution in [0.4, 0.5) is 0 Å². The minimum absolute atomic E-state index is 0.0959. The van der Waals surface area contributed by atoms with Crippen molar-refractivity contribution in [3.8, 4) is 0 Å². The number of nitrogens with zero attached hydrogens (tertiary/aromatic N) is 2.